The maximum absolute atomic E-state index is 3.73. The summed E-state index contributed by atoms with van der Waals surface area (Å²) in [6.07, 6.45) is 1.28. The van der Waals surface area contributed by atoms with Crippen LogP contribution in [0.3, 0.4) is 0 Å². The van der Waals surface area contributed by atoms with Crippen LogP contribution < -0.4 is 5.32 Å². The molecule has 3 heteroatoms. The zero-order valence-electron chi connectivity index (χ0n) is 13.1. The van der Waals surface area contributed by atoms with E-state index in [0.29, 0.717) is 11.5 Å². The second-order valence-corrected chi connectivity index (χ2v) is 8.61. The molecule has 1 heterocycles. The van der Waals surface area contributed by atoms with E-state index in [1.807, 2.05) is 0 Å². The van der Waals surface area contributed by atoms with Gasteiger partial charge in [0.2, 0.25) is 0 Å². The van der Waals surface area contributed by atoms with Crippen LogP contribution in [0.25, 0.3) is 0 Å². The van der Waals surface area contributed by atoms with E-state index in [1.165, 1.54) is 25.3 Å². The summed E-state index contributed by atoms with van der Waals surface area (Å²) in [5.41, 5.74) is 0.355. The number of nitrogens with one attached hydrogen (secondary N) is 1. The van der Waals surface area contributed by atoms with Crippen molar-refractivity contribution in [2.75, 3.05) is 25.4 Å². The molecule has 0 bridgehead atoms. The molecule has 1 N–H and O–H groups in total. The Labute approximate surface area is 118 Å². The highest BCUT2D eigenvalue weighted by Gasteiger charge is 2.30. The Morgan fingerprint density at radius 3 is 2.56 bits per heavy atom. The summed E-state index contributed by atoms with van der Waals surface area (Å²) in [4.78, 5) is 2.69. The highest BCUT2D eigenvalue weighted by atomic mass is 32.2. The first-order chi connectivity index (χ1) is 8.30. The van der Waals surface area contributed by atoms with Crippen LogP contribution in [-0.2, 0) is 0 Å². The molecule has 108 valence electrons. The van der Waals surface area contributed by atoms with E-state index in [1.54, 1.807) is 0 Å². The van der Waals surface area contributed by atoms with Crippen molar-refractivity contribution in [3.8, 4) is 0 Å². The van der Waals surface area contributed by atoms with Gasteiger partial charge < -0.3 is 5.32 Å². The largest absolute Gasteiger partial charge is 0.312 e. The second-order valence-electron chi connectivity index (χ2n) is 6.92. The molecular formula is C15H32N2S. The third kappa shape index (κ3) is 5.50. The van der Waals surface area contributed by atoms with Gasteiger partial charge in [-0.05, 0) is 30.6 Å². The van der Waals surface area contributed by atoms with Gasteiger partial charge in [-0.2, -0.15) is 11.8 Å². The molecule has 0 radical (unpaired) electrons. The fourth-order valence-electron chi connectivity index (χ4n) is 2.43. The highest BCUT2D eigenvalue weighted by molar-refractivity contribution is 7.99. The summed E-state index contributed by atoms with van der Waals surface area (Å²) < 4.78 is 0. The molecule has 1 aliphatic heterocycles. The third-order valence-corrected chi connectivity index (χ3v) is 4.95. The van der Waals surface area contributed by atoms with Gasteiger partial charge in [0, 0.05) is 30.9 Å². The molecule has 1 fully saturated rings. The molecule has 1 aliphatic rings. The molecule has 2 nitrogen and oxygen atoms in total. The predicted molar refractivity (Wildman–Crippen MR) is 84.5 cm³/mol. The number of hydrogen-bond acceptors (Lipinski definition) is 3. The molecule has 0 aliphatic carbocycles. The van der Waals surface area contributed by atoms with Crippen LogP contribution in [-0.4, -0.2) is 47.6 Å². The number of thioether (sulfide) groups is 1. The van der Waals surface area contributed by atoms with Gasteiger partial charge in [-0.1, -0.05) is 34.6 Å². The first kappa shape index (κ1) is 16.3. The van der Waals surface area contributed by atoms with Crippen molar-refractivity contribution in [1.82, 2.24) is 10.2 Å². The fourth-order valence-corrected chi connectivity index (χ4v) is 3.24. The van der Waals surface area contributed by atoms with E-state index in [-0.39, 0.29) is 0 Å². The van der Waals surface area contributed by atoms with Crippen molar-refractivity contribution in [2.24, 2.45) is 5.41 Å². The summed E-state index contributed by atoms with van der Waals surface area (Å²) in [6.45, 7) is 17.6. The molecule has 1 saturated heterocycles. The summed E-state index contributed by atoms with van der Waals surface area (Å²) >= 11 is 2.08. The molecule has 0 aromatic rings. The molecule has 0 amide bonds. The molecule has 0 spiro atoms. The fraction of sp³-hybridized carbons (Fsp3) is 1.00. The van der Waals surface area contributed by atoms with Crippen molar-refractivity contribution in [2.45, 2.75) is 65.3 Å². The Bertz CT molecular complexity index is 235. The van der Waals surface area contributed by atoms with Crippen LogP contribution in [0.4, 0.5) is 0 Å². The van der Waals surface area contributed by atoms with Gasteiger partial charge in [0.15, 0.2) is 0 Å². The van der Waals surface area contributed by atoms with E-state index in [2.05, 4.69) is 63.5 Å². The predicted octanol–water partition coefficient (Wildman–Crippen LogP) is 3.23. The maximum atomic E-state index is 3.73. The van der Waals surface area contributed by atoms with Gasteiger partial charge >= 0.3 is 0 Å². The van der Waals surface area contributed by atoms with E-state index >= 15 is 0 Å². The topological polar surface area (TPSA) is 15.3 Å². The summed E-state index contributed by atoms with van der Waals surface area (Å²) in [7, 11) is 0. The standard InChI is InChI=1S/C15H32N2S/c1-12(2)18-10-9-17-11-14(15(4,5)6)16-8-7-13(17)3/h12-14,16H,7-11H2,1-6H3. The van der Waals surface area contributed by atoms with Crippen LogP contribution in [0.1, 0.15) is 48.0 Å². The first-order valence-electron chi connectivity index (χ1n) is 7.39. The Kier molecular flexibility index (Phi) is 6.49. The minimum absolute atomic E-state index is 0.355. The normalized spacial score (nSPS) is 27.5. The second kappa shape index (κ2) is 7.16. The minimum atomic E-state index is 0.355. The molecule has 2 atom stereocenters. The van der Waals surface area contributed by atoms with Crippen LogP contribution in [0.15, 0.2) is 0 Å². The Morgan fingerprint density at radius 2 is 2.00 bits per heavy atom. The van der Waals surface area contributed by atoms with E-state index in [9.17, 15) is 0 Å². The maximum Gasteiger partial charge on any atom is 0.0243 e. The van der Waals surface area contributed by atoms with Gasteiger partial charge in [-0.3, -0.25) is 4.90 Å². The molecule has 1 rings (SSSR count). The van der Waals surface area contributed by atoms with E-state index < -0.39 is 0 Å². The van der Waals surface area contributed by atoms with Crippen LogP contribution in [0.2, 0.25) is 0 Å². The zero-order chi connectivity index (χ0) is 13.8. The van der Waals surface area contributed by atoms with Crippen molar-refractivity contribution in [3.63, 3.8) is 0 Å². The average Bonchev–Trinajstić information content (AvgIpc) is 2.40. The number of nitrogens with zero attached hydrogens (tertiary/aromatic N) is 1. The smallest absolute Gasteiger partial charge is 0.0243 e. The minimum Gasteiger partial charge on any atom is -0.312 e. The Hall–Kier alpha value is 0.270. The van der Waals surface area contributed by atoms with Crippen molar-refractivity contribution in [3.05, 3.63) is 0 Å². The highest BCUT2D eigenvalue weighted by Crippen LogP contribution is 2.23. The zero-order valence-corrected chi connectivity index (χ0v) is 13.9. The average molecular weight is 273 g/mol. The SMILES string of the molecule is CC(C)SCCN1CC(C(C)(C)C)NCCC1C. The molecular weight excluding hydrogens is 240 g/mol. The molecule has 0 saturated carbocycles. The number of hydrogen-bond donors (Lipinski definition) is 1. The molecule has 2 unspecified atom stereocenters. The lowest BCUT2D eigenvalue weighted by Crippen LogP contribution is -2.47. The molecule has 0 aromatic carbocycles. The van der Waals surface area contributed by atoms with Crippen LogP contribution in [0, 0.1) is 5.41 Å². The van der Waals surface area contributed by atoms with Crippen LogP contribution >= 0.6 is 11.8 Å². The van der Waals surface area contributed by atoms with Gasteiger partial charge in [0.05, 0.1) is 0 Å². The van der Waals surface area contributed by atoms with Crippen LogP contribution in [0.5, 0.6) is 0 Å². The van der Waals surface area contributed by atoms with Crippen molar-refractivity contribution >= 4 is 11.8 Å². The number of rotatable bonds is 4. The Balaban J connectivity index is 2.51. The van der Waals surface area contributed by atoms with E-state index in [4.69, 9.17) is 0 Å². The summed E-state index contributed by atoms with van der Waals surface area (Å²) in [6, 6.07) is 1.34. The lowest BCUT2D eigenvalue weighted by atomic mass is 9.86. The third-order valence-electron chi connectivity index (χ3n) is 3.87. The quantitative estimate of drug-likeness (QED) is 0.846. The van der Waals surface area contributed by atoms with Gasteiger partial charge in [0.25, 0.3) is 0 Å². The molecule has 18 heavy (non-hydrogen) atoms. The van der Waals surface area contributed by atoms with Gasteiger partial charge in [-0.15, -0.1) is 0 Å². The Morgan fingerprint density at radius 1 is 1.33 bits per heavy atom. The van der Waals surface area contributed by atoms with Gasteiger partial charge in [0.1, 0.15) is 0 Å². The van der Waals surface area contributed by atoms with Gasteiger partial charge in [-0.25, -0.2) is 0 Å². The first-order valence-corrected chi connectivity index (χ1v) is 8.44. The van der Waals surface area contributed by atoms with Crippen molar-refractivity contribution in [1.29, 1.82) is 0 Å². The monoisotopic (exact) mass is 272 g/mol. The van der Waals surface area contributed by atoms with E-state index in [0.717, 1.165) is 17.8 Å². The lowest BCUT2D eigenvalue weighted by Gasteiger charge is -2.35. The van der Waals surface area contributed by atoms with Crippen molar-refractivity contribution < 1.29 is 0 Å². The molecule has 0 aromatic heterocycles. The summed E-state index contributed by atoms with van der Waals surface area (Å²) in [5.74, 6) is 1.26. The lowest BCUT2D eigenvalue weighted by molar-refractivity contribution is 0.172. The summed E-state index contributed by atoms with van der Waals surface area (Å²) in [5, 5.41) is 4.49.